The maximum absolute atomic E-state index is 9.91. The molecule has 2 nitrogen and oxygen atoms in total. The standard InChI is InChI=1S/C12H21NOS2/c1-8-9(2)16-11(13-8)6-10(14)7-15-12(3,4)5/h10,14H,6-7H2,1-5H3. The Balaban J connectivity index is 2.42. The van der Waals surface area contributed by atoms with Crippen LogP contribution in [0.2, 0.25) is 0 Å². The highest BCUT2D eigenvalue weighted by atomic mass is 32.2. The summed E-state index contributed by atoms with van der Waals surface area (Å²) in [5.74, 6) is 0.779. The summed E-state index contributed by atoms with van der Waals surface area (Å²) in [7, 11) is 0. The number of thiazole rings is 1. The summed E-state index contributed by atoms with van der Waals surface area (Å²) in [5.41, 5.74) is 1.09. The minimum absolute atomic E-state index is 0.218. The molecular weight excluding hydrogens is 238 g/mol. The smallest absolute Gasteiger partial charge is 0.0956 e. The van der Waals surface area contributed by atoms with Gasteiger partial charge in [-0.25, -0.2) is 4.98 Å². The van der Waals surface area contributed by atoms with E-state index in [0.717, 1.165) is 16.5 Å². The van der Waals surface area contributed by atoms with Crippen molar-refractivity contribution < 1.29 is 5.11 Å². The van der Waals surface area contributed by atoms with E-state index >= 15 is 0 Å². The zero-order valence-corrected chi connectivity index (χ0v) is 12.3. The Morgan fingerprint density at radius 3 is 2.44 bits per heavy atom. The van der Waals surface area contributed by atoms with Gasteiger partial charge in [-0.15, -0.1) is 11.3 Å². The molecule has 0 bridgehead atoms. The maximum Gasteiger partial charge on any atom is 0.0956 e. The fourth-order valence-electron chi connectivity index (χ4n) is 1.23. The van der Waals surface area contributed by atoms with Crippen molar-refractivity contribution >= 4 is 23.1 Å². The molecule has 0 saturated carbocycles. The number of aromatic nitrogens is 1. The second kappa shape index (κ2) is 5.52. The third kappa shape index (κ3) is 4.85. The topological polar surface area (TPSA) is 33.1 Å². The first-order valence-corrected chi connectivity index (χ1v) is 7.33. The van der Waals surface area contributed by atoms with E-state index in [9.17, 15) is 5.11 Å². The normalized spacial score (nSPS) is 14.1. The van der Waals surface area contributed by atoms with Gasteiger partial charge in [0.05, 0.1) is 16.8 Å². The Kier molecular flexibility index (Phi) is 4.83. The second-order valence-corrected chi connectivity index (χ2v) is 8.17. The van der Waals surface area contributed by atoms with E-state index in [0.29, 0.717) is 6.42 Å². The lowest BCUT2D eigenvalue weighted by Crippen LogP contribution is -2.18. The van der Waals surface area contributed by atoms with Crippen LogP contribution >= 0.6 is 23.1 Å². The number of aryl methyl sites for hydroxylation is 2. The van der Waals surface area contributed by atoms with Crippen LogP contribution in [0.4, 0.5) is 0 Å². The number of nitrogens with zero attached hydrogens (tertiary/aromatic N) is 1. The van der Waals surface area contributed by atoms with Crippen molar-refractivity contribution in [1.82, 2.24) is 4.98 Å². The Morgan fingerprint density at radius 2 is 2.00 bits per heavy atom. The molecule has 0 amide bonds. The second-order valence-electron chi connectivity index (χ2n) is 5.03. The molecule has 1 N–H and O–H groups in total. The first kappa shape index (κ1) is 14.0. The molecule has 1 heterocycles. The lowest BCUT2D eigenvalue weighted by atomic mass is 10.3. The van der Waals surface area contributed by atoms with Crippen molar-refractivity contribution in [2.75, 3.05) is 5.75 Å². The lowest BCUT2D eigenvalue weighted by molar-refractivity contribution is 0.199. The Bertz CT molecular complexity index is 322. The molecule has 0 aliphatic rings. The number of hydrogen-bond donors (Lipinski definition) is 1. The summed E-state index contributed by atoms with van der Waals surface area (Å²) < 4.78 is 0.218. The number of hydrogen-bond acceptors (Lipinski definition) is 4. The Labute approximate surface area is 106 Å². The number of aliphatic hydroxyl groups excluding tert-OH is 1. The van der Waals surface area contributed by atoms with E-state index in [1.807, 2.05) is 6.92 Å². The van der Waals surface area contributed by atoms with Crippen LogP contribution in [0.1, 0.15) is 36.3 Å². The van der Waals surface area contributed by atoms with Crippen LogP contribution < -0.4 is 0 Å². The van der Waals surface area contributed by atoms with Gasteiger partial charge in [-0.1, -0.05) is 20.8 Å². The van der Waals surface area contributed by atoms with Crippen LogP contribution in [0.25, 0.3) is 0 Å². The Hall–Kier alpha value is -0.0600. The highest BCUT2D eigenvalue weighted by Gasteiger charge is 2.15. The van der Waals surface area contributed by atoms with Crippen LogP contribution in [-0.4, -0.2) is 26.7 Å². The predicted octanol–water partition coefficient (Wildman–Crippen LogP) is 3.20. The van der Waals surface area contributed by atoms with Gasteiger partial charge in [0.1, 0.15) is 0 Å². The molecule has 1 unspecified atom stereocenters. The van der Waals surface area contributed by atoms with Gasteiger partial charge >= 0.3 is 0 Å². The average molecular weight is 259 g/mol. The summed E-state index contributed by atoms with van der Waals surface area (Å²) in [5, 5.41) is 11.0. The van der Waals surface area contributed by atoms with Gasteiger partial charge in [-0.2, -0.15) is 11.8 Å². The van der Waals surface area contributed by atoms with Gasteiger partial charge in [0.2, 0.25) is 0 Å². The van der Waals surface area contributed by atoms with Crippen molar-refractivity contribution in [2.24, 2.45) is 0 Å². The maximum atomic E-state index is 9.91. The first-order chi connectivity index (χ1) is 7.28. The Morgan fingerprint density at radius 1 is 1.38 bits per heavy atom. The number of thioether (sulfide) groups is 1. The van der Waals surface area contributed by atoms with E-state index in [1.54, 1.807) is 23.1 Å². The molecule has 0 radical (unpaired) electrons. The monoisotopic (exact) mass is 259 g/mol. The molecule has 0 aliphatic heterocycles. The average Bonchev–Trinajstić information content (AvgIpc) is 2.41. The fourth-order valence-corrected chi connectivity index (χ4v) is 3.05. The fraction of sp³-hybridized carbons (Fsp3) is 0.750. The number of aliphatic hydroxyl groups is 1. The van der Waals surface area contributed by atoms with Gasteiger partial charge in [0.25, 0.3) is 0 Å². The molecular formula is C12H21NOS2. The van der Waals surface area contributed by atoms with Crippen molar-refractivity contribution in [1.29, 1.82) is 0 Å². The molecule has 92 valence electrons. The van der Waals surface area contributed by atoms with E-state index in [1.165, 1.54) is 4.88 Å². The summed E-state index contributed by atoms with van der Waals surface area (Å²) in [4.78, 5) is 5.70. The van der Waals surface area contributed by atoms with E-state index in [-0.39, 0.29) is 10.9 Å². The first-order valence-electron chi connectivity index (χ1n) is 5.53. The molecule has 1 aromatic rings. The van der Waals surface area contributed by atoms with E-state index in [2.05, 4.69) is 32.7 Å². The summed E-state index contributed by atoms with van der Waals surface area (Å²) in [6.07, 6.45) is 0.400. The quantitative estimate of drug-likeness (QED) is 0.901. The summed E-state index contributed by atoms with van der Waals surface area (Å²) in [6.45, 7) is 10.6. The molecule has 0 spiro atoms. The van der Waals surface area contributed by atoms with Crippen molar-refractivity contribution in [3.63, 3.8) is 0 Å². The third-order valence-corrected chi connectivity index (χ3v) is 4.70. The van der Waals surface area contributed by atoms with Gasteiger partial charge < -0.3 is 5.11 Å². The molecule has 0 aliphatic carbocycles. The zero-order chi connectivity index (χ0) is 12.3. The number of rotatable bonds is 4. The largest absolute Gasteiger partial charge is 0.392 e. The predicted molar refractivity (Wildman–Crippen MR) is 73.5 cm³/mol. The van der Waals surface area contributed by atoms with E-state index < -0.39 is 0 Å². The third-order valence-electron chi connectivity index (χ3n) is 2.19. The molecule has 0 fully saturated rings. The van der Waals surface area contributed by atoms with Crippen molar-refractivity contribution in [3.8, 4) is 0 Å². The van der Waals surface area contributed by atoms with E-state index in [4.69, 9.17) is 0 Å². The van der Waals surface area contributed by atoms with Crippen LogP contribution in [0, 0.1) is 13.8 Å². The molecule has 4 heteroatoms. The van der Waals surface area contributed by atoms with Crippen molar-refractivity contribution in [3.05, 3.63) is 15.6 Å². The molecule has 1 rings (SSSR count). The SMILES string of the molecule is Cc1nc(CC(O)CSC(C)(C)C)sc1C. The lowest BCUT2D eigenvalue weighted by Gasteiger charge is -2.19. The van der Waals surface area contributed by atoms with Crippen molar-refractivity contribution in [2.45, 2.75) is 51.9 Å². The highest BCUT2D eigenvalue weighted by Crippen LogP contribution is 2.25. The summed E-state index contributed by atoms with van der Waals surface area (Å²) in [6, 6.07) is 0. The minimum Gasteiger partial charge on any atom is -0.392 e. The van der Waals surface area contributed by atoms with Gasteiger partial charge in [0.15, 0.2) is 0 Å². The van der Waals surface area contributed by atoms with Crippen LogP contribution in [0.3, 0.4) is 0 Å². The molecule has 0 aromatic carbocycles. The zero-order valence-electron chi connectivity index (χ0n) is 10.7. The molecule has 0 saturated heterocycles. The van der Waals surface area contributed by atoms with Crippen LogP contribution in [0.15, 0.2) is 0 Å². The van der Waals surface area contributed by atoms with Gasteiger partial charge in [-0.3, -0.25) is 0 Å². The highest BCUT2D eigenvalue weighted by molar-refractivity contribution is 8.00. The molecule has 1 aromatic heterocycles. The van der Waals surface area contributed by atoms with Gasteiger partial charge in [0, 0.05) is 21.8 Å². The van der Waals surface area contributed by atoms with Crippen LogP contribution in [0.5, 0.6) is 0 Å². The molecule has 1 atom stereocenters. The minimum atomic E-state index is -0.283. The summed E-state index contributed by atoms with van der Waals surface area (Å²) >= 11 is 3.49. The van der Waals surface area contributed by atoms with Crippen LogP contribution in [-0.2, 0) is 6.42 Å². The van der Waals surface area contributed by atoms with Gasteiger partial charge in [-0.05, 0) is 13.8 Å². The molecule has 16 heavy (non-hydrogen) atoms.